The highest BCUT2D eigenvalue weighted by molar-refractivity contribution is 14.0. The monoisotopic (exact) mass is 472 g/mol. The molecule has 0 heterocycles. The number of carbonyl (C=O) groups excluding carboxylic acids is 1. The molecule has 4 N–H and O–H groups in total. The minimum atomic E-state index is -4.71. The van der Waals surface area contributed by atoms with E-state index in [1.807, 2.05) is 0 Å². The van der Waals surface area contributed by atoms with Gasteiger partial charge in [0.05, 0.1) is 13.1 Å². The number of nitrogens with zero attached hydrogens (tertiary/aromatic N) is 1. The zero-order valence-corrected chi connectivity index (χ0v) is 15.6. The molecule has 0 spiro atoms. The molecule has 1 fully saturated rings. The van der Waals surface area contributed by atoms with Crippen LogP contribution in [0, 0.1) is 5.92 Å². The van der Waals surface area contributed by atoms with Gasteiger partial charge in [0.25, 0.3) is 0 Å². The van der Waals surface area contributed by atoms with Crippen LogP contribution < -0.4 is 21.1 Å². The second kappa shape index (κ2) is 9.68. The summed E-state index contributed by atoms with van der Waals surface area (Å²) in [5, 5.41) is 5.46. The van der Waals surface area contributed by atoms with Crippen molar-refractivity contribution in [3.8, 4) is 5.75 Å². The molecule has 25 heavy (non-hydrogen) atoms. The van der Waals surface area contributed by atoms with Crippen LogP contribution in [0.2, 0.25) is 0 Å². The molecule has 0 atom stereocenters. The first-order valence-electron chi connectivity index (χ1n) is 7.47. The first kappa shape index (κ1) is 21.3. The van der Waals surface area contributed by atoms with E-state index >= 15 is 0 Å². The van der Waals surface area contributed by atoms with Crippen molar-refractivity contribution in [3.63, 3.8) is 0 Å². The van der Waals surface area contributed by atoms with Gasteiger partial charge in [0.15, 0.2) is 5.96 Å². The van der Waals surface area contributed by atoms with Crippen molar-refractivity contribution in [2.75, 3.05) is 13.1 Å². The largest absolute Gasteiger partial charge is 0.573 e. The number of nitrogens with two attached hydrogens (primary N) is 1. The summed E-state index contributed by atoms with van der Waals surface area (Å²) in [5.74, 6) is 0.235. The molecule has 0 bridgehead atoms. The Hall–Kier alpha value is -1.72. The molecule has 1 saturated carbocycles. The van der Waals surface area contributed by atoms with E-state index in [0.717, 1.165) is 12.8 Å². The van der Waals surface area contributed by atoms with E-state index in [-0.39, 0.29) is 54.7 Å². The van der Waals surface area contributed by atoms with Crippen LogP contribution >= 0.6 is 24.0 Å². The molecular formula is C15H20F3IN4O2. The van der Waals surface area contributed by atoms with Gasteiger partial charge in [0, 0.05) is 6.54 Å². The van der Waals surface area contributed by atoms with E-state index in [9.17, 15) is 18.0 Å². The molecule has 1 aromatic carbocycles. The summed E-state index contributed by atoms with van der Waals surface area (Å²) in [6, 6.07) is 5.32. The maximum Gasteiger partial charge on any atom is 0.573 e. The van der Waals surface area contributed by atoms with Gasteiger partial charge in [-0.1, -0.05) is 12.1 Å². The molecule has 6 nitrogen and oxygen atoms in total. The molecular weight excluding hydrogens is 452 g/mol. The summed E-state index contributed by atoms with van der Waals surface area (Å²) in [6.07, 6.45) is -2.40. The lowest BCUT2D eigenvalue weighted by Gasteiger charge is -2.09. The van der Waals surface area contributed by atoms with Crippen molar-refractivity contribution in [2.24, 2.45) is 16.6 Å². The number of halogens is 4. The maximum atomic E-state index is 12.0. The number of aliphatic imine (C=N–C) groups is 1. The molecule has 1 aliphatic rings. The summed E-state index contributed by atoms with van der Waals surface area (Å²) in [6.45, 7) is 0.888. The third kappa shape index (κ3) is 9.37. The van der Waals surface area contributed by atoms with Gasteiger partial charge < -0.3 is 21.1 Å². The highest BCUT2D eigenvalue weighted by Gasteiger charge is 2.30. The lowest BCUT2D eigenvalue weighted by molar-refractivity contribution is -0.274. The van der Waals surface area contributed by atoms with Crippen molar-refractivity contribution in [3.05, 3.63) is 29.8 Å². The number of amides is 1. The highest BCUT2D eigenvalue weighted by Crippen LogP contribution is 2.27. The first-order valence-corrected chi connectivity index (χ1v) is 7.47. The van der Waals surface area contributed by atoms with Gasteiger partial charge in [0.1, 0.15) is 5.75 Å². The van der Waals surface area contributed by atoms with Crippen LogP contribution in [0.1, 0.15) is 18.4 Å². The van der Waals surface area contributed by atoms with Crippen LogP contribution in [0.25, 0.3) is 0 Å². The number of hydrogen-bond donors (Lipinski definition) is 3. The van der Waals surface area contributed by atoms with Crippen LogP contribution in [-0.4, -0.2) is 31.3 Å². The van der Waals surface area contributed by atoms with Crippen molar-refractivity contribution in [1.29, 1.82) is 0 Å². The number of hydrogen-bond acceptors (Lipinski definition) is 3. The Labute approximate surface area is 160 Å². The normalized spacial score (nSPS) is 14.4. The summed E-state index contributed by atoms with van der Waals surface area (Å²) >= 11 is 0. The maximum absolute atomic E-state index is 12.0. The van der Waals surface area contributed by atoms with E-state index in [4.69, 9.17) is 5.73 Å². The molecule has 140 valence electrons. The fourth-order valence-corrected chi connectivity index (χ4v) is 1.84. The Morgan fingerprint density at radius 1 is 1.24 bits per heavy atom. The van der Waals surface area contributed by atoms with Crippen molar-refractivity contribution >= 4 is 35.8 Å². The Balaban J connectivity index is 0.00000312. The predicted octanol–water partition coefficient (Wildman–Crippen LogP) is 2.13. The lowest BCUT2D eigenvalue weighted by Crippen LogP contribution is -2.41. The van der Waals surface area contributed by atoms with Gasteiger partial charge in [0.2, 0.25) is 5.91 Å². The topological polar surface area (TPSA) is 88.7 Å². The van der Waals surface area contributed by atoms with Crippen LogP contribution in [0.5, 0.6) is 5.75 Å². The molecule has 0 unspecified atom stereocenters. The number of benzene rings is 1. The molecule has 0 saturated heterocycles. The smallest absolute Gasteiger partial charge is 0.406 e. The Morgan fingerprint density at radius 3 is 2.44 bits per heavy atom. The third-order valence-corrected chi connectivity index (χ3v) is 3.30. The van der Waals surface area contributed by atoms with Crippen LogP contribution in [0.3, 0.4) is 0 Å². The van der Waals surface area contributed by atoms with Gasteiger partial charge in [-0.25, -0.2) is 4.99 Å². The number of guanidine groups is 1. The van der Waals surface area contributed by atoms with Crippen LogP contribution in [-0.2, 0) is 11.3 Å². The molecule has 1 aliphatic carbocycles. The highest BCUT2D eigenvalue weighted by atomic mass is 127. The van der Waals surface area contributed by atoms with Crippen LogP contribution in [0.4, 0.5) is 13.2 Å². The summed E-state index contributed by atoms with van der Waals surface area (Å²) in [5.41, 5.74) is 6.30. The zero-order chi connectivity index (χ0) is 17.6. The van der Waals surface area contributed by atoms with Gasteiger partial charge >= 0.3 is 6.36 Å². The Bertz CT molecular complexity index is 589. The standard InChI is InChI=1S/C15H19F3N4O2.HI/c16-15(17,18)24-12-5-3-11(4-6-12)8-21-14(19)22-9-13(23)20-7-10-1-2-10;/h3-6,10H,1-2,7-9H2,(H,20,23)(H3,19,21,22);1H. The summed E-state index contributed by atoms with van der Waals surface area (Å²) in [4.78, 5) is 15.5. The summed E-state index contributed by atoms with van der Waals surface area (Å²) < 4.78 is 39.9. The van der Waals surface area contributed by atoms with E-state index in [0.29, 0.717) is 18.0 Å². The predicted molar refractivity (Wildman–Crippen MR) is 97.6 cm³/mol. The van der Waals surface area contributed by atoms with Crippen LogP contribution in [0.15, 0.2) is 29.3 Å². The van der Waals surface area contributed by atoms with E-state index in [1.54, 1.807) is 0 Å². The molecule has 2 rings (SSSR count). The zero-order valence-electron chi connectivity index (χ0n) is 13.3. The Kier molecular flexibility index (Phi) is 8.26. The number of ether oxygens (including phenoxy) is 1. The molecule has 1 aromatic rings. The second-order valence-electron chi connectivity index (χ2n) is 5.49. The molecule has 1 amide bonds. The number of rotatable bonds is 7. The number of nitrogens with one attached hydrogen (secondary N) is 2. The molecule has 0 aromatic heterocycles. The van der Waals surface area contributed by atoms with Gasteiger partial charge in [-0.2, -0.15) is 0 Å². The van der Waals surface area contributed by atoms with Gasteiger partial charge in [-0.3, -0.25) is 4.79 Å². The molecule has 0 radical (unpaired) electrons. The molecule has 0 aliphatic heterocycles. The van der Waals surface area contributed by atoms with Crippen molar-refractivity contribution < 1.29 is 22.7 Å². The summed E-state index contributed by atoms with van der Waals surface area (Å²) in [7, 11) is 0. The van der Waals surface area contributed by atoms with Crippen molar-refractivity contribution in [2.45, 2.75) is 25.7 Å². The van der Waals surface area contributed by atoms with E-state index in [1.165, 1.54) is 24.3 Å². The second-order valence-corrected chi connectivity index (χ2v) is 5.49. The minimum Gasteiger partial charge on any atom is -0.406 e. The SMILES string of the molecule is I.NC(=NCc1ccc(OC(F)(F)F)cc1)NCC(=O)NCC1CC1. The quantitative estimate of drug-likeness (QED) is 0.323. The van der Waals surface area contributed by atoms with Gasteiger partial charge in [-0.05, 0) is 36.5 Å². The fourth-order valence-electron chi connectivity index (χ4n) is 1.84. The van der Waals surface area contributed by atoms with E-state index in [2.05, 4.69) is 20.4 Å². The Morgan fingerprint density at radius 2 is 1.88 bits per heavy atom. The minimum absolute atomic E-state index is 0. The number of carbonyl (C=O) groups is 1. The van der Waals surface area contributed by atoms with E-state index < -0.39 is 6.36 Å². The fraction of sp³-hybridized carbons (Fsp3) is 0.467. The number of alkyl halides is 3. The average molecular weight is 472 g/mol. The first-order chi connectivity index (χ1) is 11.3. The van der Waals surface area contributed by atoms with Crippen molar-refractivity contribution in [1.82, 2.24) is 10.6 Å². The average Bonchev–Trinajstić information content (AvgIpc) is 3.33. The molecule has 10 heteroatoms. The lowest BCUT2D eigenvalue weighted by atomic mass is 10.2. The van der Waals surface area contributed by atoms with Gasteiger partial charge in [-0.15, -0.1) is 37.1 Å². The third-order valence-electron chi connectivity index (χ3n) is 3.30.